The van der Waals surface area contributed by atoms with Crippen molar-refractivity contribution in [2.24, 2.45) is 0 Å². The van der Waals surface area contributed by atoms with E-state index in [1.807, 2.05) is 10.6 Å². The first kappa shape index (κ1) is 8.40. The Morgan fingerprint density at radius 1 is 1.40 bits per heavy atom. The summed E-state index contributed by atoms with van der Waals surface area (Å²) in [6.07, 6.45) is 5.52. The molecule has 5 heteroatoms. The van der Waals surface area contributed by atoms with Crippen LogP contribution in [0.25, 0.3) is 5.65 Å². The van der Waals surface area contributed by atoms with E-state index in [4.69, 9.17) is 5.73 Å². The molecule has 3 rings (SSSR count). The van der Waals surface area contributed by atoms with Gasteiger partial charge >= 0.3 is 0 Å². The maximum atomic E-state index is 5.70. The SMILES string of the molecule is C=C1CC(c2nnc3c(N)nccn23)C1. The summed E-state index contributed by atoms with van der Waals surface area (Å²) in [6, 6.07) is 0. The first-order valence-electron chi connectivity index (χ1n) is 4.87. The zero-order valence-electron chi connectivity index (χ0n) is 8.22. The average Bonchev–Trinajstić information content (AvgIpc) is 2.58. The normalized spacial score (nSPS) is 16.9. The Labute approximate surface area is 86.6 Å². The molecular weight excluding hydrogens is 190 g/mol. The van der Waals surface area contributed by atoms with Crippen LogP contribution < -0.4 is 5.73 Å². The van der Waals surface area contributed by atoms with Crippen molar-refractivity contribution in [1.82, 2.24) is 19.6 Å². The van der Waals surface area contributed by atoms with Crippen molar-refractivity contribution in [1.29, 1.82) is 0 Å². The van der Waals surface area contributed by atoms with Crippen molar-refractivity contribution >= 4 is 11.5 Å². The number of anilines is 1. The van der Waals surface area contributed by atoms with Gasteiger partial charge in [-0.15, -0.1) is 10.2 Å². The number of nitrogen functional groups attached to an aromatic ring is 1. The van der Waals surface area contributed by atoms with Gasteiger partial charge in [0.25, 0.3) is 0 Å². The number of rotatable bonds is 1. The predicted molar refractivity (Wildman–Crippen MR) is 56.3 cm³/mol. The van der Waals surface area contributed by atoms with Gasteiger partial charge in [-0.05, 0) is 12.8 Å². The van der Waals surface area contributed by atoms with Crippen LogP contribution in [0.3, 0.4) is 0 Å². The number of allylic oxidation sites excluding steroid dienone is 1. The van der Waals surface area contributed by atoms with E-state index in [0.29, 0.717) is 17.4 Å². The van der Waals surface area contributed by atoms with Crippen LogP contribution in [0.1, 0.15) is 24.6 Å². The zero-order chi connectivity index (χ0) is 10.4. The summed E-state index contributed by atoms with van der Waals surface area (Å²) in [5.41, 5.74) is 7.62. The lowest BCUT2D eigenvalue weighted by atomic mass is 9.80. The lowest BCUT2D eigenvalue weighted by molar-refractivity contribution is 0.518. The summed E-state index contributed by atoms with van der Waals surface area (Å²) in [5.74, 6) is 1.83. The Balaban J connectivity index is 2.12. The van der Waals surface area contributed by atoms with Crippen LogP contribution in [-0.4, -0.2) is 19.6 Å². The monoisotopic (exact) mass is 201 g/mol. The van der Waals surface area contributed by atoms with Gasteiger partial charge in [0.15, 0.2) is 5.82 Å². The van der Waals surface area contributed by atoms with Crippen LogP contribution in [-0.2, 0) is 0 Å². The first-order valence-corrected chi connectivity index (χ1v) is 4.87. The van der Waals surface area contributed by atoms with E-state index in [-0.39, 0.29) is 0 Å². The lowest BCUT2D eigenvalue weighted by Gasteiger charge is -2.26. The number of hydrogen-bond acceptors (Lipinski definition) is 4. The van der Waals surface area contributed by atoms with Gasteiger partial charge in [-0.2, -0.15) is 0 Å². The second-order valence-electron chi connectivity index (χ2n) is 3.92. The van der Waals surface area contributed by atoms with Crippen molar-refractivity contribution in [3.05, 3.63) is 30.4 Å². The van der Waals surface area contributed by atoms with Crippen molar-refractivity contribution in [2.75, 3.05) is 5.73 Å². The first-order chi connectivity index (χ1) is 7.25. The Bertz CT molecular complexity index is 534. The fourth-order valence-electron chi connectivity index (χ4n) is 1.96. The molecule has 1 aliphatic rings. The van der Waals surface area contributed by atoms with Gasteiger partial charge in [-0.3, -0.25) is 4.40 Å². The number of nitrogens with two attached hydrogens (primary N) is 1. The summed E-state index contributed by atoms with van der Waals surface area (Å²) in [7, 11) is 0. The molecule has 76 valence electrons. The molecule has 2 N–H and O–H groups in total. The van der Waals surface area contributed by atoms with Crippen molar-refractivity contribution in [3.8, 4) is 0 Å². The Kier molecular flexibility index (Phi) is 1.56. The minimum absolute atomic E-state index is 0.425. The molecule has 0 unspecified atom stereocenters. The van der Waals surface area contributed by atoms with E-state index in [2.05, 4.69) is 21.8 Å². The Morgan fingerprint density at radius 2 is 2.20 bits per heavy atom. The fraction of sp³-hybridized carbons (Fsp3) is 0.300. The van der Waals surface area contributed by atoms with Crippen molar-refractivity contribution in [3.63, 3.8) is 0 Å². The molecule has 0 amide bonds. The molecule has 0 saturated heterocycles. The predicted octanol–water partition coefficient (Wildman–Crippen LogP) is 1.14. The fourth-order valence-corrected chi connectivity index (χ4v) is 1.96. The van der Waals surface area contributed by atoms with E-state index in [1.54, 1.807) is 6.20 Å². The summed E-state index contributed by atoms with van der Waals surface area (Å²) in [4.78, 5) is 3.98. The standard InChI is InChI=1S/C10H11N5/c1-6-4-7(5-6)9-13-14-10-8(11)12-2-3-15(9)10/h2-3,7H,1,4-5H2,(H2,11,12). The molecule has 2 heterocycles. The van der Waals surface area contributed by atoms with Gasteiger partial charge in [-0.1, -0.05) is 12.2 Å². The third-order valence-electron chi connectivity index (χ3n) is 2.82. The average molecular weight is 201 g/mol. The number of nitrogens with zero attached hydrogens (tertiary/aromatic N) is 4. The maximum Gasteiger partial charge on any atom is 0.203 e. The molecule has 2 aromatic heterocycles. The van der Waals surface area contributed by atoms with Gasteiger partial charge < -0.3 is 5.73 Å². The number of hydrogen-bond donors (Lipinski definition) is 1. The van der Waals surface area contributed by atoms with Crippen molar-refractivity contribution < 1.29 is 0 Å². The van der Waals surface area contributed by atoms with E-state index in [1.165, 1.54) is 5.57 Å². The molecular formula is C10H11N5. The summed E-state index contributed by atoms with van der Waals surface area (Å²) < 4.78 is 1.92. The van der Waals surface area contributed by atoms with E-state index in [0.717, 1.165) is 18.7 Å². The smallest absolute Gasteiger partial charge is 0.203 e. The van der Waals surface area contributed by atoms with Crippen molar-refractivity contribution in [2.45, 2.75) is 18.8 Å². The highest BCUT2D eigenvalue weighted by atomic mass is 15.3. The Morgan fingerprint density at radius 3 is 2.93 bits per heavy atom. The van der Waals surface area contributed by atoms with Gasteiger partial charge in [0.05, 0.1) is 0 Å². The highest BCUT2D eigenvalue weighted by molar-refractivity contribution is 5.58. The molecule has 0 atom stereocenters. The molecule has 1 aliphatic carbocycles. The summed E-state index contributed by atoms with van der Waals surface area (Å²) in [5, 5.41) is 8.21. The molecule has 0 radical (unpaired) electrons. The highest BCUT2D eigenvalue weighted by Crippen LogP contribution is 2.39. The lowest BCUT2D eigenvalue weighted by Crippen LogP contribution is -2.15. The maximum absolute atomic E-state index is 5.70. The van der Waals surface area contributed by atoms with Crippen LogP contribution in [0.2, 0.25) is 0 Å². The third-order valence-corrected chi connectivity index (χ3v) is 2.82. The number of fused-ring (bicyclic) bond motifs is 1. The molecule has 0 bridgehead atoms. The van der Waals surface area contributed by atoms with Gasteiger partial charge in [0, 0.05) is 18.3 Å². The van der Waals surface area contributed by atoms with E-state index < -0.39 is 0 Å². The molecule has 0 aromatic carbocycles. The minimum atomic E-state index is 0.425. The van der Waals surface area contributed by atoms with E-state index in [9.17, 15) is 0 Å². The molecule has 0 spiro atoms. The van der Waals surface area contributed by atoms with Crippen LogP contribution in [0, 0.1) is 0 Å². The quantitative estimate of drug-likeness (QED) is 0.702. The summed E-state index contributed by atoms with van der Waals surface area (Å²) >= 11 is 0. The zero-order valence-corrected chi connectivity index (χ0v) is 8.22. The van der Waals surface area contributed by atoms with Crippen LogP contribution in [0.4, 0.5) is 5.82 Å². The van der Waals surface area contributed by atoms with Crippen LogP contribution in [0.5, 0.6) is 0 Å². The van der Waals surface area contributed by atoms with Crippen LogP contribution in [0.15, 0.2) is 24.5 Å². The molecule has 1 saturated carbocycles. The second kappa shape index (κ2) is 2.79. The largest absolute Gasteiger partial charge is 0.381 e. The minimum Gasteiger partial charge on any atom is -0.381 e. The third kappa shape index (κ3) is 1.12. The Hall–Kier alpha value is -1.91. The topological polar surface area (TPSA) is 69.1 Å². The number of aromatic nitrogens is 4. The molecule has 2 aromatic rings. The highest BCUT2D eigenvalue weighted by Gasteiger charge is 2.27. The van der Waals surface area contributed by atoms with Crippen LogP contribution >= 0.6 is 0 Å². The van der Waals surface area contributed by atoms with Gasteiger partial charge in [0.1, 0.15) is 5.82 Å². The summed E-state index contributed by atoms with van der Waals surface area (Å²) in [6.45, 7) is 3.92. The van der Waals surface area contributed by atoms with Gasteiger partial charge in [-0.25, -0.2) is 4.98 Å². The second-order valence-corrected chi connectivity index (χ2v) is 3.92. The molecule has 15 heavy (non-hydrogen) atoms. The molecule has 5 nitrogen and oxygen atoms in total. The molecule has 1 fully saturated rings. The van der Waals surface area contributed by atoms with E-state index >= 15 is 0 Å². The van der Waals surface area contributed by atoms with Gasteiger partial charge in [0.2, 0.25) is 5.65 Å². The molecule has 0 aliphatic heterocycles.